The first-order valence-corrected chi connectivity index (χ1v) is 6.77. The number of hydrogen-bond donors (Lipinski definition) is 2. The van der Waals surface area contributed by atoms with Crippen molar-refractivity contribution < 1.29 is 9.53 Å². The van der Waals surface area contributed by atoms with Gasteiger partial charge in [0.15, 0.2) is 0 Å². The highest BCUT2D eigenvalue weighted by molar-refractivity contribution is 5.78. The first-order valence-electron chi connectivity index (χ1n) is 6.77. The third kappa shape index (κ3) is 3.47. The number of nitrogens with one attached hydrogen (secondary N) is 1. The van der Waals surface area contributed by atoms with E-state index in [9.17, 15) is 4.79 Å². The van der Waals surface area contributed by atoms with Crippen LogP contribution in [0.3, 0.4) is 0 Å². The van der Waals surface area contributed by atoms with Gasteiger partial charge in [-0.2, -0.15) is 0 Å². The molecule has 0 radical (unpaired) electrons. The summed E-state index contributed by atoms with van der Waals surface area (Å²) in [4.78, 5) is 11.9. The molecule has 4 heteroatoms. The molecule has 0 aromatic heterocycles. The molecule has 1 aromatic carbocycles. The number of rotatable bonds is 6. The number of ether oxygens (including phenoxy) is 1. The van der Waals surface area contributed by atoms with Gasteiger partial charge in [0.1, 0.15) is 5.75 Å². The van der Waals surface area contributed by atoms with Gasteiger partial charge in [-0.15, -0.1) is 0 Å². The van der Waals surface area contributed by atoms with Crippen molar-refractivity contribution >= 4 is 5.91 Å². The Morgan fingerprint density at radius 3 is 2.84 bits per heavy atom. The second kappa shape index (κ2) is 6.06. The molecule has 1 amide bonds. The van der Waals surface area contributed by atoms with Crippen LogP contribution >= 0.6 is 0 Å². The zero-order valence-electron chi connectivity index (χ0n) is 11.4. The fraction of sp³-hybridized carbons (Fsp3) is 0.533. The van der Waals surface area contributed by atoms with E-state index >= 15 is 0 Å². The third-order valence-electron chi connectivity index (χ3n) is 4.01. The Morgan fingerprint density at radius 1 is 1.47 bits per heavy atom. The number of nitrogens with two attached hydrogens (primary N) is 1. The Labute approximate surface area is 114 Å². The standard InChI is InChI=1S/C15H22N2O2/c1-19-13-5-2-4-12(8-13)9-14(18)17-11-15(10-16)6-3-7-15/h2,4-5,8H,3,6-7,9-11,16H2,1H3,(H,17,18). The molecule has 1 aromatic rings. The van der Waals surface area contributed by atoms with Crippen LogP contribution in [-0.2, 0) is 11.2 Å². The number of carbonyl (C=O) groups is 1. The van der Waals surface area contributed by atoms with Gasteiger partial charge in [-0.1, -0.05) is 18.6 Å². The van der Waals surface area contributed by atoms with Crippen LogP contribution in [0.4, 0.5) is 0 Å². The van der Waals surface area contributed by atoms with Crippen LogP contribution in [-0.4, -0.2) is 26.1 Å². The van der Waals surface area contributed by atoms with Crippen LogP contribution in [0.1, 0.15) is 24.8 Å². The highest BCUT2D eigenvalue weighted by Gasteiger charge is 2.35. The second-order valence-electron chi connectivity index (χ2n) is 5.36. The molecule has 1 aliphatic carbocycles. The fourth-order valence-corrected chi connectivity index (χ4v) is 2.45. The number of benzene rings is 1. The SMILES string of the molecule is COc1cccc(CC(=O)NCC2(CN)CCC2)c1. The van der Waals surface area contributed by atoms with Gasteiger partial charge in [0, 0.05) is 6.54 Å². The van der Waals surface area contributed by atoms with E-state index in [2.05, 4.69) is 5.32 Å². The van der Waals surface area contributed by atoms with Crippen LogP contribution in [0.5, 0.6) is 5.75 Å². The van der Waals surface area contributed by atoms with Crippen molar-refractivity contribution in [2.75, 3.05) is 20.2 Å². The molecule has 0 heterocycles. The Bertz CT molecular complexity index is 436. The first kappa shape index (κ1) is 13.9. The van der Waals surface area contributed by atoms with E-state index in [1.165, 1.54) is 6.42 Å². The highest BCUT2D eigenvalue weighted by Crippen LogP contribution is 2.39. The quantitative estimate of drug-likeness (QED) is 0.816. The number of amides is 1. The molecular weight excluding hydrogens is 240 g/mol. The van der Waals surface area contributed by atoms with Crippen molar-refractivity contribution in [2.45, 2.75) is 25.7 Å². The van der Waals surface area contributed by atoms with Crippen molar-refractivity contribution in [3.63, 3.8) is 0 Å². The fourth-order valence-electron chi connectivity index (χ4n) is 2.45. The maximum Gasteiger partial charge on any atom is 0.224 e. The van der Waals surface area contributed by atoms with E-state index in [-0.39, 0.29) is 11.3 Å². The molecule has 0 saturated heterocycles. The summed E-state index contributed by atoms with van der Waals surface area (Å²) in [6.45, 7) is 1.36. The summed E-state index contributed by atoms with van der Waals surface area (Å²) in [6, 6.07) is 7.60. The van der Waals surface area contributed by atoms with Crippen molar-refractivity contribution in [3.8, 4) is 5.75 Å². The minimum atomic E-state index is 0.0491. The molecular formula is C15H22N2O2. The summed E-state index contributed by atoms with van der Waals surface area (Å²) >= 11 is 0. The predicted octanol–water partition coefficient (Wildman–Crippen LogP) is 1.48. The Balaban J connectivity index is 1.83. The molecule has 0 atom stereocenters. The van der Waals surface area contributed by atoms with Crippen molar-refractivity contribution in [1.82, 2.24) is 5.32 Å². The number of hydrogen-bond acceptors (Lipinski definition) is 3. The molecule has 0 aliphatic heterocycles. The van der Waals surface area contributed by atoms with E-state index in [0.29, 0.717) is 19.5 Å². The lowest BCUT2D eigenvalue weighted by Crippen LogP contribution is -2.47. The first-order chi connectivity index (χ1) is 9.17. The molecule has 19 heavy (non-hydrogen) atoms. The largest absolute Gasteiger partial charge is 0.497 e. The lowest BCUT2D eigenvalue weighted by molar-refractivity contribution is -0.121. The van der Waals surface area contributed by atoms with Crippen LogP contribution in [0.2, 0.25) is 0 Å². The topological polar surface area (TPSA) is 64.3 Å². The van der Waals surface area contributed by atoms with Gasteiger partial charge in [-0.3, -0.25) is 4.79 Å². The van der Waals surface area contributed by atoms with Gasteiger partial charge in [-0.25, -0.2) is 0 Å². The van der Waals surface area contributed by atoms with E-state index in [4.69, 9.17) is 10.5 Å². The van der Waals surface area contributed by atoms with Gasteiger partial charge in [0.2, 0.25) is 5.91 Å². The van der Waals surface area contributed by atoms with Gasteiger partial charge in [0.25, 0.3) is 0 Å². The van der Waals surface area contributed by atoms with Gasteiger partial charge >= 0.3 is 0 Å². The van der Waals surface area contributed by atoms with E-state index in [0.717, 1.165) is 24.2 Å². The van der Waals surface area contributed by atoms with Gasteiger partial charge in [-0.05, 0) is 42.5 Å². The minimum Gasteiger partial charge on any atom is -0.497 e. The van der Waals surface area contributed by atoms with E-state index in [1.54, 1.807) is 7.11 Å². The minimum absolute atomic E-state index is 0.0491. The summed E-state index contributed by atoms with van der Waals surface area (Å²) in [5.74, 6) is 0.829. The van der Waals surface area contributed by atoms with Crippen molar-refractivity contribution in [3.05, 3.63) is 29.8 Å². The van der Waals surface area contributed by atoms with Crippen molar-refractivity contribution in [1.29, 1.82) is 0 Å². The second-order valence-corrected chi connectivity index (χ2v) is 5.36. The molecule has 104 valence electrons. The monoisotopic (exact) mass is 262 g/mol. The summed E-state index contributed by atoms with van der Waals surface area (Å²) in [5.41, 5.74) is 6.90. The zero-order chi connectivity index (χ0) is 13.7. The van der Waals surface area contributed by atoms with Crippen LogP contribution in [0, 0.1) is 5.41 Å². The highest BCUT2D eigenvalue weighted by atomic mass is 16.5. The predicted molar refractivity (Wildman–Crippen MR) is 75.0 cm³/mol. The molecule has 0 bridgehead atoms. The molecule has 0 spiro atoms. The molecule has 1 saturated carbocycles. The Kier molecular flexibility index (Phi) is 4.43. The van der Waals surface area contributed by atoms with E-state index in [1.807, 2.05) is 24.3 Å². The molecule has 1 fully saturated rings. The van der Waals surface area contributed by atoms with Crippen LogP contribution < -0.4 is 15.8 Å². The molecule has 2 rings (SSSR count). The summed E-state index contributed by atoms with van der Waals surface area (Å²) in [7, 11) is 1.63. The van der Waals surface area contributed by atoms with Crippen LogP contribution in [0.25, 0.3) is 0 Å². The Hall–Kier alpha value is -1.55. The molecule has 3 N–H and O–H groups in total. The summed E-state index contributed by atoms with van der Waals surface area (Å²) in [6.07, 6.45) is 3.87. The van der Waals surface area contributed by atoms with Gasteiger partial charge in [0.05, 0.1) is 13.5 Å². The Morgan fingerprint density at radius 2 is 2.26 bits per heavy atom. The summed E-state index contributed by atoms with van der Waals surface area (Å²) < 4.78 is 5.15. The number of carbonyl (C=O) groups excluding carboxylic acids is 1. The lowest BCUT2D eigenvalue weighted by atomic mass is 9.69. The maximum absolute atomic E-state index is 11.9. The average molecular weight is 262 g/mol. The van der Waals surface area contributed by atoms with Crippen molar-refractivity contribution in [2.24, 2.45) is 11.1 Å². The van der Waals surface area contributed by atoms with E-state index < -0.39 is 0 Å². The smallest absolute Gasteiger partial charge is 0.224 e. The summed E-state index contributed by atoms with van der Waals surface area (Å²) in [5, 5.41) is 3.00. The van der Waals surface area contributed by atoms with Gasteiger partial charge < -0.3 is 15.8 Å². The third-order valence-corrected chi connectivity index (χ3v) is 4.01. The molecule has 1 aliphatic rings. The lowest BCUT2D eigenvalue weighted by Gasteiger charge is -2.41. The average Bonchev–Trinajstić information content (AvgIpc) is 2.38. The van der Waals surface area contributed by atoms with Crippen LogP contribution in [0.15, 0.2) is 24.3 Å². The molecule has 0 unspecified atom stereocenters. The zero-order valence-corrected chi connectivity index (χ0v) is 11.4. The maximum atomic E-state index is 11.9. The number of methoxy groups -OCH3 is 1. The molecule has 4 nitrogen and oxygen atoms in total. The normalized spacial score (nSPS) is 16.5.